The highest BCUT2D eigenvalue weighted by atomic mass is 16.5. The first-order valence-corrected chi connectivity index (χ1v) is 15.7. The lowest BCUT2D eigenvalue weighted by Crippen LogP contribution is -2.55. The van der Waals surface area contributed by atoms with Crippen molar-refractivity contribution in [2.45, 2.75) is 71.1 Å². The lowest BCUT2D eigenvalue weighted by atomic mass is 10.0. The van der Waals surface area contributed by atoms with Crippen molar-refractivity contribution in [3.63, 3.8) is 0 Å². The Labute approximate surface area is 263 Å². The van der Waals surface area contributed by atoms with E-state index in [4.69, 9.17) is 14.2 Å². The Hall–Kier alpha value is -4.35. The van der Waals surface area contributed by atoms with Crippen LogP contribution in [0.15, 0.2) is 24.3 Å². The molecule has 1 fully saturated rings. The van der Waals surface area contributed by atoms with E-state index in [1.54, 1.807) is 30.0 Å². The van der Waals surface area contributed by atoms with Crippen LogP contribution in [0.3, 0.4) is 0 Å². The van der Waals surface area contributed by atoms with Gasteiger partial charge in [0, 0.05) is 36.9 Å². The van der Waals surface area contributed by atoms with E-state index in [-0.39, 0.29) is 48.0 Å². The third-order valence-corrected chi connectivity index (χ3v) is 8.78. The summed E-state index contributed by atoms with van der Waals surface area (Å²) in [4.78, 5) is 62.8. The van der Waals surface area contributed by atoms with Gasteiger partial charge in [-0.05, 0) is 74.8 Å². The van der Waals surface area contributed by atoms with Gasteiger partial charge in [-0.15, -0.1) is 0 Å². The molecule has 0 unspecified atom stereocenters. The van der Waals surface area contributed by atoms with Gasteiger partial charge in [0.25, 0.3) is 17.7 Å². The summed E-state index contributed by atoms with van der Waals surface area (Å²) in [6, 6.07) is 5.31. The van der Waals surface area contributed by atoms with Crippen molar-refractivity contribution < 1.29 is 33.4 Å². The molecule has 0 spiro atoms. The van der Waals surface area contributed by atoms with Crippen molar-refractivity contribution in [2.24, 2.45) is 5.92 Å². The molecular formula is C33H43N5O7. The maximum absolute atomic E-state index is 14.2. The molecule has 1 aromatic heterocycles. The molecule has 2 bridgehead atoms. The number of rotatable bonds is 5. The van der Waals surface area contributed by atoms with Gasteiger partial charge in [-0.25, -0.2) is 4.98 Å². The van der Waals surface area contributed by atoms with Crippen LogP contribution >= 0.6 is 0 Å². The second-order valence-corrected chi connectivity index (χ2v) is 12.3. The van der Waals surface area contributed by atoms with Crippen molar-refractivity contribution in [3.05, 3.63) is 46.6 Å². The first-order chi connectivity index (χ1) is 21.6. The SMILES string of the molecule is COc1ccc2cc1O[C@H](C(=O)N1CCCC1)[C@H](C)NC(=O)CN(C(=O)c1cc3c(nc1OC)CCC3)C[C@H](C(C)C)NC2=O. The van der Waals surface area contributed by atoms with Gasteiger partial charge in [0.1, 0.15) is 5.56 Å². The predicted molar refractivity (Wildman–Crippen MR) is 166 cm³/mol. The lowest BCUT2D eigenvalue weighted by molar-refractivity contribution is -0.139. The van der Waals surface area contributed by atoms with Gasteiger partial charge in [-0.2, -0.15) is 0 Å². The highest BCUT2D eigenvalue weighted by Crippen LogP contribution is 2.31. The average molecular weight is 622 g/mol. The van der Waals surface area contributed by atoms with Crippen LogP contribution in [0.25, 0.3) is 0 Å². The van der Waals surface area contributed by atoms with Crippen LogP contribution < -0.4 is 24.8 Å². The van der Waals surface area contributed by atoms with E-state index < -0.39 is 30.0 Å². The third-order valence-electron chi connectivity index (χ3n) is 8.78. The summed E-state index contributed by atoms with van der Waals surface area (Å²) < 4.78 is 17.3. The van der Waals surface area contributed by atoms with E-state index in [9.17, 15) is 19.2 Å². The molecule has 1 aromatic carbocycles. The highest BCUT2D eigenvalue weighted by molar-refractivity contribution is 5.99. The zero-order chi connectivity index (χ0) is 32.2. The van der Waals surface area contributed by atoms with Gasteiger partial charge >= 0.3 is 0 Å². The van der Waals surface area contributed by atoms with Crippen LogP contribution in [0, 0.1) is 5.92 Å². The summed E-state index contributed by atoms with van der Waals surface area (Å²) in [5.74, 6) is -0.881. The lowest BCUT2D eigenvalue weighted by Gasteiger charge is -2.33. The Kier molecular flexibility index (Phi) is 9.79. The Morgan fingerprint density at radius 2 is 1.76 bits per heavy atom. The topological polar surface area (TPSA) is 139 Å². The molecule has 2 aromatic rings. The summed E-state index contributed by atoms with van der Waals surface area (Å²) in [6.07, 6.45) is 3.24. The first-order valence-electron chi connectivity index (χ1n) is 15.7. The molecule has 0 saturated carbocycles. The van der Waals surface area contributed by atoms with Crippen molar-refractivity contribution >= 4 is 23.6 Å². The van der Waals surface area contributed by atoms with E-state index in [2.05, 4.69) is 15.6 Å². The quantitative estimate of drug-likeness (QED) is 0.519. The van der Waals surface area contributed by atoms with E-state index in [1.807, 2.05) is 19.9 Å². The van der Waals surface area contributed by atoms with Gasteiger partial charge < -0.3 is 34.6 Å². The maximum atomic E-state index is 14.2. The minimum absolute atomic E-state index is 0.0555. The molecule has 4 amide bonds. The molecule has 2 aliphatic heterocycles. The Morgan fingerprint density at radius 1 is 1.00 bits per heavy atom. The number of carbonyl (C=O) groups excluding carboxylic acids is 4. The fraction of sp³-hybridized carbons (Fsp3) is 0.545. The summed E-state index contributed by atoms with van der Waals surface area (Å²) in [5, 5.41) is 5.96. The zero-order valence-corrected chi connectivity index (χ0v) is 26.7. The number of fused-ring (bicyclic) bond motifs is 3. The summed E-state index contributed by atoms with van der Waals surface area (Å²) in [6.45, 7) is 6.49. The van der Waals surface area contributed by atoms with Gasteiger partial charge in [-0.3, -0.25) is 19.2 Å². The molecule has 0 radical (unpaired) electrons. The Balaban J connectivity index is 1.54. The van der Waals surface area contributed by atoms with Crippen molar-refractivity contribution in [3.8, 4) is 17.4 Å². The van der Waals surface area contributed by atoms with Crippen LogP contribution in [-0.2, 0) is 22.4 Å². The number of nitrogens with zero attached hydrogens (tertiary/aromatic N) is 3. The molecule has 3 aliphatic rings. The van der Waals surface area contributed by atoms with Crippen LogP contribution in [0.4, 0.5) is 0 Å². The number of likely N-dealkylation sites (tertiary alicyclic amines) is 1. The minimum Gasteiger partial charge on any atom is -0.493 e. The molecule has 3 atom stereocenters. The number of nitrogens with one attached hydrogen (secondary N) is 2. The van der Waals surface area contributed by atoms with E-state index in [0.29, 0.717) is 24.4 Å². The maximum Gasteiger partial charge on any atom is 0.265 e. The molecule has 2 N–H and O–H groups in total. The number of hydrogen-bond donors (Lipinski definition) is 2. The fourth-order valence-electron chi connectivity index (χ4n) is 6.14. The van der Waals surface area contributed by atoms with E-state index in [0.717, 1.165) is 43.4 Å². The molecule has 242 valence electrons. The van der Waals surface area contributed by atoms with Crippen molar-refractivity contribution in [1.82, 2.24) is 25.4 Å². The third kappa shape index (κ3) is 6.99. The molecule has 3 heterocycles. The smallest absolute Gasteiger partial charge is 0.265 e. The summed E-state index contributed by atoms with van der Waals surface area (Å²) >= 11 is 0. The summed E-state index contributed by atoms with van der Waals surface area (Å²) in [7, 11) is 2.95. The summed E-state index contributed by atoms with van der Waals surface area (Å²) in [5.41, 5.74) is 2.47. The second-order valence-electron chi connectivity index (χ2n) is 12.3. The minimum atomic E-state index is -1.10. The monoisotopic (exact) mass is 621 g/mol. The molecule has 1 saturated heterocycles. The van der Waals surface area contributed by atoms with Crippen LogP contribution in [0.5, 0.6) is 17.4 Å². The van der Waals surface area contributed by atoms with E-state index in [1.165, 1.54) is 19.1 Å². The normalized spacial score (nSPS) is 22.2. The number of benzene rings is 1. The standard InChI is InChI=1S/C33H43N5O7/c1-19(2)25-17-38(32(41)23-15-21-9-8-10-24(21)36-31(23)44-5)18-28(39)34-20(3)29(33(42)37-13-6-7-14-37)45-27-16-22(30(40)35-25)11-12-26(27)43-4/h11-12,15-16,19-20,25,29H,6-10,13-14,17-18H2,1-5H3,(H,34,39)(H,35,40)/t20-,25+,29-/m0/s1. The van der Waals surface area contributed by atoms with Crippen LogP contribution in [-0.4, -0.2) is 97.0 Å². The molecule has 5 rings (SSSR count). The number of methoxy groups -OCH3 is 2. The number of hydrogen-bond acceptors (Lipinski definition) is 8. The zero-order valence-electron chi connectivity index (χ0n) is 26.7. The molecule has 12 nitrogen and oxygen atoms in total. The number of ether oxygens (including phenoxy) is 3. The highest BCUT2D eigenvalue weighted by Gasteiger charge is 2.36. The first kappa shape index (κ1) is 32.1. The number of aromatic nitrogens is 1. The van der Waals surface area contributed by atoms with Gasteiger partial charge in [0.2, 0.25) is 11.8 Å². The number of aryl methyl sites for hydroxylation is 2. The second kappa shape index (κ2) is 13.7. The van der Waals surface area contributed by atoms with Crippen molar-refractivity contribution in [2.75, 3.05) is 40.4 Å². The average Bonchev–Trinajstić information content (AvgIpc) is 3.73. The van der Waals surface area contributed by atoms with Gasteiger partial charge in [0.15, 0.2) is 17.6 Å². The number of amides is 4. The van der Waals surface area contributed by atoms with Gasteiger partial charge in [-0.1, -0.05) is 13.8 Å². The molecular weight excluding hydrogens is 578 g/mol. The largest absolute Gasteiger partial charge is 0.493 e. The number of pyridine rings is 1. The molecule has 45 heavy (non-hydrogen) atoms. The Bertz CT molecular complexity index is 1460. The van der Waals surface area contributed by atoms with Crippen molar-refractivity contribution in [1.29, 1.82) is 0 Å². The molecule has 1 aliphatic carbocycles. The number of carbonyl (C=O) groups is 4. The van der Waals surface area contributed by atoms with E-state index >= 15 is 0 Å². The van der Waals surface area contributed by atoms with Crippen LogP contribution in [0.2, 0.25) is 0 Å². The van der Waals surface area contributed by atoms with Gasteiger partial charge in [0.05, 0.1) is 26.8 Å². The fourth-order valence-corrected chi connectivity index (χ4v) is 6.14. The molecule has 12 heteroatoms. The van der Waals surface area contributed by atoms with Crippen LogP contribution in [0.1, 0.15) is 72.0 Å². The predicted octanol–water partition coefficient (Wildman–Crippen LogP) is 2.37. The Morgan fingerprint density at radius 3 is 2.44 bits per heavy atom.